The summed E-state index contributed by atoms with van der Waals surface area (Å²) < 4.78 is 23.1. The van der Waals surface area contributed by atoms with Gasteiger partial charge in [0.05, 0.1) is 34.6 Å². The van der Waals surface area contributed by atoms with Gasteiger partial charge in [-0.15, -0.1) is 0 Å². The first kappa shape index (κ1) is 25.4. The lowest BCUT2D eigenvalue weighted by atomic mass is 10.0. The van der Waals surface area contributed by atoms with E-state index in [0.717, 1.165) is 35.2 Å². The lowest BCUT2D eigenvalue weighted by molar-refractivity contribution is 0.321. The number of nitrogens with one attached hydrogen (secondary N) is 1. The maximum absolute atomic E-state index is 15.4. The van der Waals surface area contributed by atoms with E-state index in [2.05, 4.69) is 36.0 Å². The molecule has 0 amide bonds. The molecule has 2 aliphatic heterocycles. The molecule has 0 spiro atoms. The lowest BCUT2D eigenvalue weighted by Gasteiger charge is -2.39. The molecule has 3 aromatic heterocycles. The van der Waals surface area contributed by atoms with Gasteiger partial charge in [0.25, 0.3) is 0 Å². The molecule has 2 bridgehead atoms. The van der Waals surface area contributed by atoms with Crippen LogP contribution >= 0.6 is 0 Å². The number of piperazine rings is 1. The van der Waals surface area contributed by atoms with Crippen LogP contribution < -0.4 is 20.6 Å². The van der Waals surface area contributed by atoms with E-state index in [9.17, 15) is 4.79 Å². The molecule has 0 unspecified atom stereocenters. The summed E-state index contributed by atoms with van der Waals surface area (Å²) in [6, 6.07) is 9.11. The SMILES string of the molecule is CCCc1nccc2c1-n1c(=O)nc(N3C[C@@H](C)NC[C@@H]3C)c3cc(C)c(nc31)-c1c(F)cccc1OCC2. The number of benzene rings is 1. The van der Waals surface area contributed by atoms with Gasteiger partial charge >= 0.3 is 5.69 Å². The molecule has 1 saturated heterocycles. The third kappa shape index (κ3) is 4.34. The van der Waals surface area contributed by atoms with E-state index < -0.39 is 11.5 Å². The molecule has 6 rings (SSSR count). The first-order valence-electron chi connectivity index (χ1n) is 13.7. The number of pyridine rings is 2. The minimum atomic E-state index is -0.418. The van der Waals surface area contributed by atoms with Crippen LogP contribution in [0.5, 0.6) is 5.75 Å². The Kier molecular flexibility index (Phi) is 6.54. The maximum atomic E-state index is 15.4. The van der Waals surface area contributed by atoms with Crippen LogP contribution in [0.15, 0.2) is 41.3 Å². The van der Waals surface area contributed by atoms with Crippen LogP contribution in [0.4, 0.5) is 10.2 Å². The van der Waals surface area contributed by atoms with Crippen LogP contribution in [0.2, 0.25) is 0 Å². The van der Waals surface area contributed by atoms with Crippen molar-refractivity contribution in [1.29, 1.82) is 0 Å². The second kappa shape index (κ2) is 10.0. The molecule has 0 radical (unpaired) electrons. The van der Waals surface area contributed by atoms with Crippen LogP contribution in [0.1, 0.15) is 44.0 Å². The van der Waals surface area contributed by atoms with Crippen molar-refractivity contribution in [2.75, 3.05) is 24.6 Å². The number of hydrogen-bond acceptors (Lipinski definition) is 7. The Hall–Kier alpha value is -3.85. The van der Waals surface area contributed by atoms with Crippen LogP contribution in [0.25, 0.3) is 28.0 Å². The van der Waals surface area contributed by atoms with Crippen LogP contribution in [0.3, 0.4) is 0 Å². The summed E-state index contributed by atoms with van der Waals surface area (Å²) in [5.41, 5.74) is 3.99. The van der Waals surface area contributed by atoms with Gasteiger partial charge < -0.3 is 15.0 Å². The van der Waals surface area contributed by atoms with Crippen LogP contribution in [-0.4, -0.2) is 51.3 Å². The zero-order chi connectivity index (χ0) is 27.3. The van der Waals surface area contributed by atoms with Crippen molar-refractivity contribution < 1.29 is 9.13 Å². The van der Waals surface area contributed by atoms with E-state index in [-0.39, 0.29) is 12.1 Å². The summed E-state index contributed by atoms with van der Waals surface area (Å²) in [6.07, 6.45) is 3.85. The van der Waals surface area contributed by atoms with E-state index in [1.165, 1.54) is 6.07 Å². The second-order valence-corrected chi connectivity index (χ2v) is 10.6. The zero-order valence-corrected chi connectivity index (χ0v) is 22.8. The van der Waals surface area contributed by atoms with Crippen molar-refractivity contribution in [3.8, 4) is 22.7 Å². The van der Waals surface area contributed by atoms with Gasteiger partial charge in [-0.3, -0.25) is 4.98 Å². The second-order valence-electron chi connectivity index (χ2n) is 10.6. The van der Waals surface area contributed by atoms with Gasteiger partial charge in [0.15, 0.2) is 5.65 Å². The molecule has 4 aromatic rings. The normalized spacial score (nSPS) is 18.8. The molecule has 8 nitrogen and oxygen atoms in total. The Morgan fingerprint density at radius 3 is 2.87 bits per heavy atom. The highest BCUT2D eigenvalue weighted by Gasteiger charge is 2.29. The van der Waals surface area contributed by atoms with Crippen LogP contribution in [0, 0.1) is 12.7 Å². The van der Waals surface area contributed by atoms with Gasteiger partial charge in [-0.2, -0.15) is 4.98 Å². The number of fused-ring (bicyclic) bond motifs is 5. The standard InChI is InChI=1S/C30H33FN6O2/c1-5-7-23-27-20(10-12-32-23)11-13-39-24-9-6-8-22(31)25(24)26-17(2)14-21-28(35-30(38)37(27)29(21)34-26)36-16-18(3)33-15-19(36)4/h6,8-10,12,14,18-19,33H,5,7,11,13,15-16H2,1-4H3/t18-,19+/m1/s1. The van der Waals surface area contributed by atoms with Gasteiger partial charge in [-0.05, 0) is 62.6 Å². The summed E-state index contributed by atoms with van der Waals surface area (Å²) in [5.74, 6) is 0.626. The average Bonchev–Trinajstić information content (AvgIpc) is 2.93. The first-order chi connectivity index (χ1) is 18.9. The Morgan fingerprint density at radius 1 is 1.21 bits per heavy atom. The first-order valence-corrected chi connectivity index (χ1v) is 13.7. The molecule has 1 N–H and O–H groups in total. The smallest absolute Gasteiger partial charge is 0.355 e. The van der Waals surface area contributed by atoms with Crippen LogP contribution in [-0.2, 0) is 12.8 Å². The number of anilines is 1. The van der Waals surface area contributed by atoms with Crippen molar-refractivity contribution in [1.82, 2.24) is 24.8 Å². The van der Waals surface area contributed by atoms with Crippen molar-refractivity contribution in [3.63, 3.8) is 0 Å². The monoisotopic (exact) mass is 528 g/mol. The van der Waals surface area contributed by atoms with Crippen molar-refractivity contribution in [3.05, 3.63) is 69.7 Å². The van der Waals surface area contributed by atoms with Gasteiger partial charge in [0, 0.05) is 37.8 Å². The summed E-state index contributed by atoms with van der Waals surface area (Å²) in [5, 5.41) is 4.25. The number of ether oxygens (including phenoxy) is 1. The average molecular weight is 529 g/mol. The van der Waals surface area contributed by atoms with Gasteiger partial charge in [-0.25, -0.2) is 18.7 Å². The fourth-order valence-corrected chi connectivity index (χ4v) is 5.78. The number of nitrogens with zero attached hydrogens (tertiary/aromatic N) is 5. The highest BCUT2D eigenvalue weighted by Crippen LogP contribution is 2.38. The number of hydrogen-bond donors (Lipinski definition) is 1. The van der Waals surface area contributed by atoms with E-state index >= 15 is 4.39 Å². The fourth-order valence-electron chi connectivity index (χ4n) is 5.78. The predicted molar refractivity (Wildman–Crippen MR) is 151 cm³/mol. The summed E-state index contributed by atoms with van der Waals surface area (Å²) in [4.78, 5) is 30.7. The maximum Gasteiger partial charge on any atom is 0.355 e. The number of aromatic nitrogens is 4. The minimum absolute atomic E-state index is 0.130. The largest absolute Gasteiger partial charge is 0.492 e. The van der Waals surface area contributed by atoms with E-state index in [1.807, 2.05) is 19.1 Å². The fraction of sp³-hybridized carbons (Fsp3) is 0.400. The van der Waals surface area contributed by atoms with Gasteiger partial charge in [-0.1, -0.05) is 19.4 Å². The third-order valence-corrected chi connectivity index (χ3v) is 7.71. The van der Waals surface area contributed by atoms with Crippen molar-refractivity contribution in [2.45, 2.75) is 59.0 Å². The molecule has 9 heteroatoms. The molecular weight excluding hydrogens is 495 g/mol. The quantitative estimate of drug-likeness (QED) is 0.423. The van der Waals surface area contributed by atoms with Crippen molar-refractivity contribution in [2.24, 2.45) is 0 Å². The Morgan fingerprint density at radius 2 is 2.05 bits per heavy atom. The van der Waals surface area contributed by atoms with Gasteiger partial charge in [0.1, 0.15) is 17.4 Å². The summed E-state index contributed by atoms with van der Waals surface area (Å²) in [6.45, 7) is 10.0. The molecule has 202 valence electrons. The van der Waals surface area contributed by atoms with Crippen molar-refractivity contribution >= 4 is 16.9 Å². The Labute approximate surface area is 226 Å². The molecule has 2 atom stereocenters. The number of rotatable bonds is 3. The summed E-state index contributed by atoms with van der Waals surface area (Å²) in [7, 11) is 0. The molecular formula is C30H33FN6O2. The van der Waals surface area contributed by atoms with Gasteiger partial charge in [0.2, 0.25) is 0 Å². The highest BCUT2D eigenvalue weighted by atomic mass is 19.1. The van der Waals surface area contributed by atoms with E-state index in [0.29, 0.717) is 60.2 Å². The molecule has 1 aromatic carbocycles. The highest BCUT2D eigenvalue weighted by molar-refractivity contribution is 5.92. The van der Waals surface area contributed by atoms with E-state index in [4.69, 9.17) is 14.7 Å². The molecule has 0 aliphatic carbocycles. The Balaban J connectivity index is 1.75. The Bertz CT molecular complexity index is 1630. The summed E-state index contributed by atoms with van der Waals surface area (Å²) >= 11 is 0. The molecule has 39 heavy (non-hydrogen) atoms. The molecule has 5 heterocycles. The number of aryl methyl sites for hydroxylation is 2. The zero-order valence-electron chi connectivity index (χ0n) is 22.8. The third-order valence-electron chi connectivity index (χ3n) is 7.71. The molecule has 0 saturated carbocycles. The van der Waals surface area contributed by atoms with E-state index in [1.54, 1.807) is 22.9 Å². The predicted octanol–water partition coefficient (Wildman–Crippen LogP) is 4.36. The minimum Gasteiger partial charge on any atom is -0.492 e. The topological polar surface area (TPSA) is 85.2 Å². The number of halogens is 1. The molecule has 1 fully saturated rings. The lowest BCUT2D eigenvalue weighted by Crippen LogP contribution is -2.55. The molecule has 2 aliphatic rings.